The lowest BCUT2D eigenvalue weighted by Crippen LogP contribution is -2.40. The second-order valence-electron chi connectivity index (χ2n) is 7.07. The summed E-state index contributed by atoms with van der Waals surface area (Å²) < 4.78 is 16.0. The maximum absolute atomic E-state index is 12.7. The smallest absolute Gasteiger partial charge is 0.325 e. The Bertz CT molecular complexity index is 901. The number of rotatable bonds is 10. The minimum Gasteiger partial charge on any atom is -0.494 e. The first-order chi connectivity index (χ1) is 15.0. The summed E-state index contributed by atoms with van der Waals surface area (Å²) in [6, 6.07) is 12.9. The van der Waals surface area contributed by atoms with Crippen molar-refractivity contribution < 1.29 is 23.8 Å². The molecule has 3 amide bonds. The van der Waals surface area contributed by atoms with E-state index in [-0.39, 0.29) is 18.5 Å². The number of urea groups is 1. The lowest BCUT2D eigenvalue weighted by Gasteiger charge is -2.19. The van der Waals surface area contributed by atoms with Gasteiger partial charge in [0.2, 0.25) is 5.91 Å². The molecule has 0 saturated carbocycles. The van der Waals surface area contributed by atoms with Crippen LogP contribution in [0.25, 0.3) is 0 Å². The number of carbonyl (C=O) groups is 2. The first-order valence-corrected chi connectivity index (χ1v) is 10.3. The average Bonchev–Trinajstić information content (AvgIpc) is 3.14. The molecule has 0 atom stereocenters. The van der Waals surface area contributed by atoms with Gasteiger partial charge in [0.15, 0.2) is 11.5 Å². The fourth-order valence-corrected chi connectivity index (χ4v) is 3.47. The van der Waals surface area contributed by atoms with E-state index < -0.39 is 0 Å². The summed E-state index contributed by atoms with van der Waals surface area (Å²) in [5.74, 6) is 1.91. The molecule has 1 saturated heterocycles. The normalized spacial score (nSPS) is 13.3. The SMILES string of the molecule is CCOc1ccc(N2CCN(CC(=O)NCCc3ccc(OC)c(OC)c3)C2=O)cc1. The van der Waals surface area contributed by atoms with Crippen LogP contribution in [-0.4, -0.2) is 63.8 Å². The molecule has 0 aliphatic carbocycles. The van der Waals surface area contributed by atoms with E-state index in [4.69, 9.17) is 14.2 Å². The van der Waals surface area contributed by atoms with Crippen LogP contribution in [0.2, 0.25) is 0 Å². The Balaban J connectivity index is 1.47. The van der Waals surface area contributed by atoms with Gasteiger partial charge in [0.1, 0.15) is 12.3 Å². The number of carbonyl (C=O) groups excluding carboxylic acids is 2. The van der Waals surface area contributed by atoms with Crippen LogP contribution in [0.15, 0.2) is 42.5 Å². The fourth-order valence-electron chi connectivity index (χ4n) is 3.47. The highest BCUT2D eigenvalue weighted by atomic mass is 16.5. The quantitative estimate of drug-likeness (QED) is 0.631. The Morgan fingerprint density at radius 3 is 2.45 bits per heavy atom. The molecule has 1 aliphatic heterocycles. The van der Waals surface area contributed by atoms with Gasteiger partial charge in [0, 0.05) is 25.3 Å². The predicted molar refractivity (Wildman–Crippen MR) is 118 cm³/mol. The fraction of sp³-hybridized carbons (Fsp3) is 0.391. The van der Waals surface area contributed by atoms with Crippen molar-refractivity contribution >= 4 is 17.6 Å². The third kappa shape index (κ3) is 5.59. The molecule has 0 bridgehead atoms. The molecule has 31 heavy (non-hydrogen) atoms. The predicted octanol–water partition coefficient (Wildman–Crippen LogP) is 2.70. The molecule has 0 aromatic heterocycles. The van der Waals surface area contributed by atoms with Crippen molar-refractivity contribution in [2.24, 2.45) is 0 Å². The molecule has 0 radical (unpaired) electrons. The van der Waals surface area contributed by atoms with Gasteiger partial charge in [-0.1, -0.05) is 6.07 Å². The second-order valence-corrected chi connectivity index (χ2v) is 7.07. The molecule has 1 aliphatic rings. The van der Waals surface area contributed by atoms with Gasteiger partial charge in [-0.15, -0.1) is 0 Å². The largest absolute Gasteiger partial charge is 0.494 e. The van der Waals surface area contributed by atoms with E-state index in [1.54, 1.807) is 24.0 Å². The molecular formula is C23H29N3O5. The van der Waals surface area contributed by atoms with Crippen molar-refractivity contribution in [1.29, 1.82) is 0 Å². The maximum atomic E-state index is 12.7. The first kappa shape index (κ1) is 22.3. The number of amides is 3. The highest BCUT2D eigenvalue weighted by Gasteiger charge is 2.30. The first-order valence-electron chi connectivity index (χ1n) is 10.3. The van der Waals surface area contributed by atoms with Crippen LogP contribution in [0, 0.1) is 0 Å². The zero-order valence-corrected chi connectivity index (χ0v) is 18.2. The van der Waals surface area contributed by atoms with Crippen molar-refractivity contribution in [2.45, 2.75) is 13.3 Å². The minimum atomic E-state index is -0.178. The van der Waals surface area contributed by atoms with Crippen molar-refractivity contribution in [3.63, 3.8) is 0 Å². The molecule has 166 valence electrons. The van der Waals surface area contributed by atoms with Gasteiger partial charge in [-0.2, -0.15) is 0 Å². The number of ether oxygens (including phenoxy) is 3. The molecule has 1 fully saturated rings. The highest BCUT2D eigenvalue weighted by Crippen LogP contribution is 2.27. The van der Waals surface area contributed by atoms with Crippen LogP contribution in [-0.2, 0) is 11.2 Å². The Kier molecular flexibility index (Phi) is 7.59. The van der Waals surface area contributed by atoms with Crippen molar-refractivity contribution in [2.75, 3.05) is 51.9 Å². The molecule has 8 nitrogen and oxygen atoms in total. The van der Waals surface area contributed by atoms with Crippen LogP contribution in [0.1, 0.15) is 12.5 Å². The Hall–Kier alpha value is -3.42. The monoisotopic (exact) mass is 427 g/mol. The molecule has 1 heterocycles. The van der Waals surface area contributed by atoms with Crippen molar-refractivity contribution in [3.8, 4) is 17.2 Å². The van der Waals surface area contributed by atoms with Gasteiger partial charge in [-0.3, -0.25) is 9.69 Å². The van der Waals surface area contributed by atoms with E-state index in [0.717, 1.165) is 17.0 Å². The number of hydrogen-bond donors (Lipinski definition) is 1. The molecule has 2 aromatic carbocycles. The summed E-state index contributed by atoms with van der Waals surface area (Å²) in [5.41, 5.74) is 1.82. The summed E-state index contributed by atoms with van der Waals surface area (Å²) in [4.78, 5) is 28.3. The minimum absolute atomic E-state index is 0.0400. The average molecular weight is 428 g/mol. The van der Waals surface area contributed by atoms with Crippen LogP contribution in [0.4, 0.5) is 10.5 Å². The molecule has 0 unspecified atom stereocenters. The van der Waals surface area contributed by atoms with Crippen LogP contribution in [0.5, 0.6) is 17.2 Å². The summed E-state index contributed by atoms with van der Waals surface area (Å²) in [6.45, 7) is 4.09. The van der Waals surface area contributed by atoms with Gasteiger partial charge in [0.05, 0.1) is 20.8 Å². The topological polar surface area (TPSA) is 80.3 Å². The van der Waals surface area contributed by atoms with E-state index >= 15 is 0 Å². The third-order valence-corrected chi connectivity index (χ3v) is 5.07. The van der Waals surface area contributed by atoms with Gasteiger partial charge in [-0.25, -0.2) is 4.79 Å². The molecule has 2 aromatic rings. The van der Waals surface area contributed by atoms with Crippen LogP contribution < -0.4 is 24.4 Å². The molecule has 3 rings (SSSR count). The summed E-state index contributed by atoms with van der Waals surface area (Å²) in [5, 5.41) is 2.88. The van der Waals surface area contributed by atoms with Crippen LogP contribution >= 0.6 is 0 Å². The standard InChI is InChI=1S/C23H29N3O5/c1-4-31-19-8-6-18(7-9-19)26-14-13-25(23(26)28)16-22(27)24-12-11-17-5-10-20(29-2)21(15-17)30-3/h5-10,15H,4,11-14,16H2,1-3H3,(H,24,27). The van der Waals surface area contributed by atoms with Crippen molar-refractivity contribution in [1.82, 2.24) is 10.2 Å². The number of benzene rings is 2. The maximum Gasteiger partial charge on any atom is 0.325 e. The summed E-state index contributed by atoms with van der Waals surface area (Å²) in [6.07, 6.45) is 0.651. The molecular weight excluding hydrogens is 398 g/mol. The summed E-state index contributed by atoms with van der Waals surface area (Å²) >= 11 is 0. The van der Waals surface area contributed by atoms with Gasteiger partial charge in [-0.05, 0) is 55.3 Å². The van der Waals surface area contributed by atoms with Gasteiger partial charge >= 0.3 is 6.03 Å². The Morgan fingerprint density at radius 1 is 1.03 bits per heavy atom. The number of nitrogens with zero attached hydrogens (tertiary/aromatic N) is 2. The lowest BCUT2D eigenvalue weighted by atomic mass is 10.1. The van der Waals surface area contributed by atoms with Gasteiger partial charge < -0.3 is 24.4 Å². The van der Waals surface area contributed by atoms with Crippen LogP contribution in [0.3, 0.4) is 0 Å². The van der Waals surface area contributed by atoms with Crippen molar-refractivity contribution in [3.05, 3.63) is 48.0 Å². The van der Waals surface area contributed by atoms with E-state index in [0.29, 0.717) is 44.2 Å². The lowest BCUT2D eigenvalue weighted by molar-refractivity contribution is -0.121. The molecule has 0 spiro atoms. The second kappa shape index (κ2) is 10.6. The Morgan fingerprint density at radius 2 is 1.77 bits per heavy atom. The number of hydrogen-bond acceptors (Lipinski definition) is 5. The van der Waals surface area contributed by atoms with Gasteiger partial charge in [0.25, 0.3) is 0 Å². The number of nitrogens with one attached hydrogen (secondary N) is 1. The zero-order valence-electron chi connectivity index (χ0n) is 18.2. The van der Waals surface area contributed by atoms with E-state index in [1.165, 1.54) is 0 Å². The number of anilines is 1. The molecule has 8 heteroatoms. The Labute approximate surface area is 182 Å². The third-order valence-electron chi connectivity index (χ3n) is 5.07. The van der Waals surface area contributed by atoms with E-state index in [9.17, 15) is 9.59 Å². The highest BCUT2D eigenvalue weighted by molar-refractivity contribution is 5.96. The summed E-state index contributed by atoms with van der Waals surface area (Å²) in [7, 11) is 3.18. The number of methoxy groups -OCH3 is 2. The van der Waals surface area contributed by atoms with E-state index in [2.05, 4.69) is 5.32 Å². The molecule has 1 N–H and O–H groups in total. The zero-order chi connectivity index (χ0) is 22.2. The van der Waals surface area contributed by atoms with E-state index in [1.807, 2.05) is 49.4 Å².